The molecule has 18 heavy (non-hydrogen) atoms. The van der Waals surface area contributed by atoms with E-state index < -0.39 is 0 Å². The molecule has 1 amide bonds. The fourth-order valence-corrected chi connectivity index (χ4v) is 2.14. The Balaban J connectivity index is 1.86. The van der Waals surface area contributed by atoms with Crippen molar-refractivity contribution >= 4 is 17.2 Å². The van der Waals surface area contributed by atoms with Gasteiger partial charge in [-0.25, -0.2) is 4.98 Å². The molecule has 2 rings (SSSR count). The predicted molar refractivity (Wildman–Crippen MR) is 69.3 cm³/mol. The third-order valence-electron chi connectivity index (χ3n) is 2.40. The van der Waals surface area contributed by atoms with Gasteiger partial charge in [0.15, 0.2) is 0 Å². The summed E-state index contributed by atoms with van der Waals surface area (Å²) in [6, 6.07) is 7.14. The van der Waals surface area contributed by atoms with Gasteiger partial charge in [0.25, 0.3) is 5.91 Å². The Morgan fingerprint density at radius 1 is 1.44 bits per heavy atom. The lowest BCUT2D eigenvalue weighted by atomic mass is 10.2. The van der Waals surface area contributed by atoms with E-state index in [2.05, 4.69) is 15.7 Å². The first-order chi connectivity index (χ1) is 8.79. The number of nitrogens with zero attached hydrogens (tertiary/aromatic N) is 2. The minimum atomic E-state index is -0.213. The second kappa shape index (κ2) is 5.94. The van der Waals surface area contributed by atoms with Gasteiger partial charge in [-0.1, -0.05) is 0 Å². The summed E-state index contributed by atoms with van der Waals surface area (Å²) in [4.78, 5) is 15.7. The van der Waals surface area contributed by atoms with Crippen LogP contribution in [-0.4, -0.2) is 17.4 Å². The Morgan fingerprint density at radius 3 is 2.94 bits per heavy atom. The fourth-order valence-electron chi connectivity index (χ4n) is 1.44. The Morgan fingerprint density at radius 2 is 2.33 bits per heavy atom. The first-order valence-corrected chi connectivity index (χ1v) is 6.39. The van der Waals surface area contributed by atoms with Crippen LogP contribution in [0.25, 0.3) is 0 Å². The average Bonchev–Trinajstić information content (AvgIpc) is 2.92. The first-order valence-electron chi connectivity index (χ1n) is 5.45. The van der Waals surface area contributed by atoms with Crippen molar-refractivity contribution in [2.75, 3.05) is 6.54 Å². The van der Waals surface area contributed by atoms with E-state index in [4.69, 9.17) is 5.26 Å². The molecule has 2 aromatic heterocycles. The molecule has 0 aliphatic heterocycles. The van der Waals surface area contributed by atoms with E-state index in [-0.39, 0.29) is 5.91 Å². The van der Waals surface area contributed by atoms with Gasteiger partial charge in [-0.2, -0.15) is 16.6 Å². The molecular formula is C13H11N3OS. The fraction of sp³-hybridized carbons (Fsp3) is 0.154. The zero-order valence-corrected chi connectivity index (χ0v) is 10.4. The van der Waals surface area contributed by atoms with Crippen molar-refractivity contribution < 1.29 is 4.79 Å². The minimum absolute atomic E-state index is 0.213. The van der Waals surface area contributed by atoms with Gasteiger partial charge in [-0.05, 0) is 40.9 Å². The van der Waals surface area contributed by atoms with Crippen LogP contribution < -0.4 is 5.32 Å². The van der Waals surface area contributed by atoms with Crippen molar-refractivity contribution in [3.63, 3.8) is 0 Å². The molecule has 0 radical (unpaired) electrons. The molecule has 0 aromatic carbocycles. The lowest BCUT2D eigenvalue weighted by Crippen LogP contribution is -2.26. The van der Waals surface area contributed by atoms with Crippen molar-refractivity contribution in [3.05, 3.63) is 52.0 Å². The zero-order chi connectivity index (χ0) is 12.8. The van der Waals surface area contributed by atoms with E-state index in [1.165, 1.54) is 11.8 Å². The molecule has 4 nitrogen and oxygen atoms in total. The maximum absolute atomic E-state index is 11.7. The zero-order valence-electron chi connectivity index (χ0n) is 9.59. The summed E-state index contributed by atoms with van der Waals surface area (Å²) in [5.41, 5.74) is 2.00. The highest BCUT2D eigenvalue weighted by atomic mass is 32.1. The van der Waals surface area contributed by atoms with Crippen molar-refractivity contribution in [1.82, 2.24) is 10.3 Å². The smallest absolute Gasteiger partial charge is 0.269 e. The molecule has 0 aliphatic rings. The predicted octanol–water partition coefficient (Wildman–Crippen LogP) is 1.99. The summed E-state index contributed by atoms with van der Waals surface area (Å²) >= 11 is 1.64. The maximum atomic E-state index is 11.7. The molecule has 0 saturated heterocycles. The number of nitriles is 1. The van der Waals surface area contributed by atoms with Crippen LogP contribution in [0.5, 0.6) is 0 Å². The molecule has 0 unspecified atom stereocenters. The van der Waals surface area contributed by atoms with E-state index in [0.29, 0.717) is 17.8 Å². The number of aromatic nitrogens is 1. The summed E-state index contributed by atoms with van der Waals surface area (Å²) < 4.78 is 0. The van der Waals surface area contributed by atoms with Crippen molar-refractivity contribution in [2.45, 2.75) is 6.42 Å². The van der Waals surface area contributed by atoms with E-state index in [0.717, 1.165) is 6.42 Å². The van der Waals surface area contributed by atoms with Gasteiger partial charge < -0.3 is 5.32 Å². The van der Waals surface area contributed by atoms with Crippen LogP contribution in [0.3, 0.4) is 0 Å². The van der Waals surface area contributed by atoms with E-state index >= 15 is 0 Å². The lowest BCUT2D eigenvalue weighted by Gasteiger charge is -2.03. The molecule has 0 bridgehead atoms. The summed E-state index contributed by atoms with van der Waals surface area (Å²) in [5, 5.41) is 15.5. The van der Waals surface area contributed by atoms with Crippen LogP contribution in [-0.2, 0) is 6.42 Å². The molecule has 0 spiro atoms. The maximum Gasteiger partial charge on any atom is 0.269 e. The SMILES string of the molecule is N#Cc1ccc(C(=O)NCCc2ccsc2)nc1. The molecule has 0 saturated carbocycles. The summed E-state index contributed by atoms with van der Waals surface area (Å²) in [7, 11) is 0. The molecule has 2 aromatic rings. The molecular weight excluding hydrogens is 246 g/mol. The second-order valence-electron chi connectivity index (χ2n) is 3.68. The molecule has 90 valence electrons. The number of rotatable bonds is 4. The van der Waals surface area contributed by atoms with Gasteiger partial charge in [-0.15, -0.1) is 0 Å². The Bertz CT molecular complexity index is 555. The minimum Gasteiger partial charge on any atom is -0.350 e. The van der Waals surface area contributed by atoms with Crippen molar-refractivity contribution in [2.24, 2.45) is 0 Å². The lowest BCUT2D eigenvalue weighted by molar-refractivity contribution is 0.0949. The number of carbonyl (C=O) groups is 1. The second-order valence-corrected chi connectivity index (χ2v) is 4.46. The van der Waals surface area contributed by atoms with Crippen LogP contribution in [0, 0.1) is 11.3 Å². The van der Waals surface area contributed by atoms with E-state index in [1.807, 2.05) is 17.5 Å². The number of thiophene rings is 1. The molecule has 2 heterocycles. The van der Waals surface area contributed by atoms with Crippen LogP contribution in [0.1, 0.15) is 21.6 Å². The van der Waals surface area contributed by atoms with E-state index in [9.17, 15) is 4.79 Å². The molecule has 5 heteroatoms. The van der Waals surface area contributed by atoms with Crippen LogP contribution >= 0.6 is 11.3 Å². The van der Waals surface area contributed by atoms with Crippen molar-refractivity contribution in [1.29, 1.82) is 5.26 Å². The van der Waals surface area contributed by atoms with Gasteiger partial charge in [0.2, 0.25) is 0 Å². The number of hydrogen-bond acceptors (Lipinski definition) is 4. The molecule has 1 N–H and O–H groups in total. The quantitative estimate of drug-likeness (QED) is 0.910. The standard InChI is InChI=1S/C13H11N3OS/c14-7-11-1-2-12(16-8-11)13(17)15-5-3-10-4-6-18-9-10/h1-2,4,6,8-9H,3,5H2,(H,15,17). The van der Waals surface area contributed by atoms with E-state index in [1.54, 1.807) is 23.5 Å². The summed E-state index contributed by atoms with van der Waals surface area (Å²) in [6.45, 7) is 0.581. The number of pyridine rings is 1. The third kappa shape index (κ3) is 3.15. The topological polar surface area (TPSA) is 65.8 Å². The largest absolute Gasteiger partial charge is 0.350 e. The highest BCUT2D eigenvalue weighted by molar-refractivity contribution is 7.07. The summed E-state index contributed by atoms with van der Waals surface area (Å²) in [6.07, 6.45) is 2.21. The highest BCUT2D eigenvalue weighted by Crippen LogP contribution is 2.06. The Kier molecular flexibility index (Phi) is 4.05. The van der Waals surface area contributed by atoms with Gasteiger partial charge in [0, 0.05) is 12.7 Å². The molecule has 0 atom stereocenters. The molecule has 0 fully saturated rings. The monoisotopic (exact) mass is 257 g/mol. The third-order valence-corrected chi connectivity index (χ3v) is 3.14. The Hall–Kier alpha value is -2.19. The van der Waals surface area contributed by atoms with Gasteiger partial charge in [0.05, 0.1) is 5.56 Å². The number of nitrogens with one attached hydrogen (secondary N) is 1. The first kappa shape index (κ1) is 12.3. The number of carbonyl (C=O) groups excluding carboxylic acids is 1. The van der Waals surface area contributed by atoms with Gasteiger partial charge in [-0.3, -0.25) is 4.79 Å². The number of hydrogen-bond donors (Lipinski definition) is 1. The normalized spacial score (nSPS) is 9.72. The van der Waals surface area contributed by atoms with Crippen LogP contribution in [0.2, 0.25) is 0 Å². The Labute approximate surface area is 109 Å². The highest BCUT2D eigenvalue weighted by Gasteiger charge is 2.06. The van der Waals surface area contributed by atoms with Gasteiger partial charge >= 0.3 is 0 Å². The van der Waals surface area contributed by atoms with Crippen LogP contribution in [0.15, 0.2) is 35.2 Å². The number of amides is 1. The van der Waals surface area contributed by atoms with Crippen LogP contribution in [0.4, 0.5) is 0 Å². The average molecular weight is 257 g/mol. The summed E-state index contributed by atoms with van der Waals surface area (Å²) in [5.74, 6) is -0.213. The molecule has 0 aliphatic carbocycles. The van der Waals surface area contributed by atoms with Gasteiger partial charge in [0.1, 0.15) is 11.8 Å². The van der Waals surface area contributed by atoms with Crippen molar-refractivity contribution in [3.8, 4) is 6.07 Å².